The maximum absolute atomic E-state index is 11.6. The van der Waals surface area contributed by atoms with Crippen LogP contribution >= 0.6 is 0 Å². The van der Waals surface area contributed by atoms with E-state index >= 15 is 0 Å². The molecule has 0 aliphatic heterocycles. The Morgan fingerprint density at radius 2 is 1.47 bits per heavy atom. The highest BCUT2D eigenvalue weighted by molar-refractivity contribution is 5.84. The first kappa shape index (κ1) is 17.4. The van der Waals surface area contributed by atoms with Crippen molar-refractivity contribution in [1.29, 1.82) is 0 Å². The summed E-state index contributed by atoms with van der Waals surface area (Å²) in [6.07, 6.45) is -1.37. The summed E-state index contributed by atoms with van der Waals surface area (Å²) in [5, 5.41) is 0. The summed E-state index contributed by atoms with van der Waals surface area (Å²) in [5.41, 5.74) is 0. The molecule has 0 heterocycles. The highest BCUT2D eigenvalue weighted by atomic mass is 16.6. The summed E-state index contributed by atoms with van der Waals surface area (Å²) in [7, 11) is 0. The van der Waals surface area contributed by atoms with Gasteiger partial charge in [-0.15, -0.1) is 0 Å². The van der Waals surface area contributed by atoms with Crippen LogP contribution < -0.4 is 0 Å². The van der Waals surface area contributed by atoms with Gasteiger partial charge in [0.2, 0.25) is 6.10 Å². The van der Waals surface area contributed by atoms with Crippen LogP contribution in [0.15, 0.2) is 0 Å². The van der Waals surface area contributed by atoms with E-state index in [9.17, 15) is 14.4 Å². The van der Waals surface area contributed by atoms with Gasteiger partial charge >= 0.3 is 17.9 Å². The lowest BCUT2D eigenvalue weighted by Gasteiger charge is -2.16. The van der Waals surface area contributed by atoms with Crippen LogP contribution in [-0.4, -0.2) is 37.2 Å². The molecule has 0 aromatic rings. The molecule has 0 N–H and O–H groups in total. The predicted molar refractivity (Wildman–Crippen MR) is 67.2 cm³/mol. The van der Waals surface area contributed by atoms with Crippen LogP contribution in [0.3, 0.4) is 0 Å². The largest absolute Gasteiger partial charge is 0.466 e. The van der Waals surface area contributed by atoms with Gasteiger partial charge in [-0.05, 0) is 19.8 Å². The molecule has 0 saturated heterocycles. The summed E-state index contributed by atoms with van der Waals surface area (Å²) in [5.74, 6) is -1.75. The standard InChI is InChI=1S/C13H22O6/c1-5-17-11(14)8-10(13(16)18-6-2)19-12(15)7-9(3)4/h9-10H,5-8H2,1-4H3/t10-/m0/s1. The van der Waals surface area contributed by atoms with Crippen molar-refractivity contribution >= 4 is 17.9 Å². The van der Waals surface area contributed by atoms with E-state index in [1.54, 1.807) is 13.8 Å². The number of carbonyl (C=O) groups is 3. The summed E-state index contributed by atoms with van der Waals surface area (Å²) in [6, 6.07) is 0. The molecule has 110 valence electrons. The number of rotatable bonds is 8. The molecule has 0 fully saturated rings. The quantitative estimate of drug-likeness (QED) is 0.492. The molecular formula is C13H22O6. The first-order valence-corrected chi connectivity index (χ1v) is 6.42. The van der Waals surface area contributed by atoms with E-state index in [1.807, 2.05) is 13.8 Å². The van der Waals surface area contributed by atoms with Gasteiger partial charge < -0.3 is 14.2 Å². The molecule has 0 spiro atoms. The van der Waals surface area contributed by atoms with Gasteiger partial charge in [0, 0.05) is 6.42 Å². The van der Waals surface area contributed by atoms with Crippen LogP contribution in [0.2, 0.25) is 0 Å². The highest BCUT2D eigenvalue weighted by Crippen LogP contribution is 2.08. The van der Waals surface area contributed by atoms with E-state index in [-0.39, 0.29) is 32.0 Å². The van der Waals surface area contributed by atoms with Gasteiger partial charge in [0.05, 0.1) is 19.6 Å². The highest BCUT2D eigenvalue weighted by Gasteiger charge is 2.28. The van der Waals surface area contributed by atoms with Crippen molar-refractivity contribution in [2.45, 2.75) is 46.6 Å². The monoisotopic (exact) mass is 274 g/mol. The van der Waals surface area contributed by atoms with Gasteiger partial charge in [-0.3, -0.25) is 9.59 Å². The SMILES string of the molecule is CCOC(=O)C[C@H](OC(=O)CC(C)C)C(=O)OCC. The van der Waals surface area contributed by atoms with Gasteiger partial charge in [0.25, 0.3) is 0 Å². The summed E-state index contributed by atoms with van der Waals surface area (Å²) < 4.78 is 14.5. The Labute approximate surface area is 113 Å². The van der Waals surface area contributed by atoms with Crippen molar-refractivity contribution in [3.63, 3.8) is 0 Å². The van der Waals surface area contributed by atoms with Gasteiger partial charge in [-0.2, -0.15) is 0 Å². The summed E-state index contributed by atoms with van der Waals surface area (Å²) in [6.45, 7) is 7.35. The summed E-state index contributed by atoms with van der Waals surface area (Å²) in [4.78, 5) is 34.5. The lowest BCUT2D eigenvalue weighted by Crippen LogP contribution is -2.32. The number of carbonyl (C=O) groups excluding carboxylic acids is 3. The number of esters is 3. The summed E-state index contributed by atoms with van der Waals surface area (Å²) >= 11 is 0. The number of hydrogen-bond donors (Lipinski definition) is 0. The molecule has 0 unspecified atom stereocenters. The maximum Gasteiger partial charge on any atom is 0.348 e. The van der Waals surface area contributed by atoms with Crippen LogP contribution in [0.25, 0.3) is 0 Å². The average molecular weight is 274 g/mol. The first-order chi connectivity index (χ1) is 8.90. The van der Waals surface area contributed by atoms with Crippen molar-refractivity contribution in [3.05, 3.63) is 0 Å². The van der Waals surface area contributed by atoms with Crippen LogP contribution in [0.4, 0.5) is 0 Å². The predicted octanol–water partition coefficient (Wildman–Crippen LogP) is 1.46. The third-order valence-corrected chi connectivity index (χ3v) is 2.06. The fraction of sp³-hybridized carbons (Fsp3) is 0.769. The molecule has 0 aliphatic carbocycles. The molecule has 0 saturated carbocycles. The van der Waals surface area contributed by atoms with Gasteiger partial charge in [0.15, 0.2) is 0 Å². The molecule has 1 atom stereocenters. The first-order valence-electron chi connectivity index (χ1n) is 6.42. The van der Waals surface area contributed by atoms with Crippen LogP contribution in [-0.2, 0) is 28.6 Å². The second-order valence-corrected chi connectivity index (χ2v) is 4.34. The van der Waals surface area contributed by atoms with Crippen molar-refractivity contribution in [2.24, 2.45) is 5.92 Å². The van der Waals surface area contributed by atoms with Crippen molar-refractivity contribution in [3.8, 4) is 0 Å². The van der Waals surface area contributed by atoms with E-state index in [2.05, 4.69) is 0 Å². The fourth-order valence-corrected chi connectivity index (χ4v) is 1.32. The molecule has 6 nitrogen and oxygen atoms in total. The van der Waals surface area contributed by atoms with E-state index in [0.717, 1.165) is 0 Å². The lowest BCUT2D eigenvalue weighted by atomic mass is 10.1. The van der Waals surface area contributed by atoms with Crippen LogP contribution in [0.1, 0.15) is 40.5 Å². The molecule has 0 rings (SSSR count). The minimum atomic E-state index is -1.23. The van der Waals surface area contributed by atoms with Gasteiger partial charge in [-0.1, -0.05) is 13.8 Å². The number of ether oxygens (including phenoxy) is 3. The van der Waals surface area contributed by atoms with E-state index in [1.165, 1.54) is 0 Å². The van der Waals surface area contributed by atoms with Crippen LogP contribution in [0.5, 0.6) is 0 Å². The third kappa shape index (κ3) is 8.18. The zero-order valence-corrected chi connectivity index (χ0v) is 11.9. The topological polar surface area (TPSA) is 78.9 Å². The maximum atomic E-state index is 11.6. The third-order valence-electron chi connectivity index (χ3n) is 2.06. The van der Waals surface area contributed by atoms with E-state index in [0.29, 0.717) is 0 Å². The molecule has 0 radical (unpaired) electrons. The molecule has 0 aromatic carbocycles. The Morgan fingerprint density at radius 1 is 0.895 bits per heavy atom. The van der Waals surface area contributed by atoms with Crippen molar-refractivity contribution in [2.75, 3.05) is 13.2 Å². The molecule has 6 heteroatoms. The molecule has 0 aromatic heterocycles. The van der Waals surface area contributed by atoms with E-state index in [4.69, 9.17) is 14.2 Å². The molecule has 0 aliphatic rings. The Kier molecular flexibility index (Phi) is 8.57. The molecular weight excluding hydrogens is 252 g/mol. The lowest BCUT2D eigenvalue weighted by molar-refractivity contribution is -0.172. The van der Waals surface area contributed by atoms with Gasteiger partial charge in [0.1, 0.15) is 0 Å². The Hall–Kier alpha value is -1.59. The average Bonchev–Trinajstić information content (AvgIpc) is 2.27. The number of hydrogen-bond acceptors (Lipinski definition) is 6. The zero-order valence-electron chi connectivity index (χ0n) is 11.9. The fourth-order valence-electron chi connectivity index (χ4n) is 1.32. The zero-order chi connectivity index (χ0) is 14.8. The van der Waals surface area contributed by atoms with Crippen molar-refractivity contribution in [1.82, 2.24) is 0 Å². The molecule has 19 heavy (non-hydrogen) atoms. The van der Waals surface area contributed by atoms with Crippen molar-refractivity contribution < 1.29 is 28.6 Å². The minimum absolute atomic E-state index is 0.109. The second kappa shape index (κ2) is 9.35. The van der Waals surface area contributed by atoms with Gasteiger partial charge in [-0.25, -0.2) is 4.79 Å². The Balaban J connectivity index is 4.53. The minimum Gasteiger partial charge on any atom is -0.466 e. The normalized spacial score (nSPS) is 11.8. The Morgan fingerprint density at radius 3 is 1.95 bits per heavy atom. The second-order valence-electron chi connectivity index (χ2n) is 4.34. The smallest absolute Gasteiger partial charge is 0.348 e. The van der Waals surface area contributed by atoms with Crippen LogP contribution in [0, 0.1) is 5.92 Å². The van der Waals surface area contributed by atoms with E-state index < -0.39 is 24.0 Å². The molecule has 0 amide bonds. The Bertz CT molecular complexity index is 310. The molecule has 0 bridgehead atoms.